The molecule has 0 bridgehead atoms. The van der Waals surface area contributed by atoms with E-state index in [0.717, 1.165) is 6.20 Å². The third-order valence-electron chi connectivity index (χ3n) is 4.32. The van der Waals surface area contributed by atoms with E-state index in [1.54, 1.807) is 6.07 Å². The lowest BCUT2D eigenvalue weighted by Crippen LogP contribution is -2.26. The number of amides is 3. The number of nitrogens with one attached hydrogen (secondary N) is 3. The minimum absolute atomic E-state index is 0.0343. The molecule has 0 radical (unpaired) electrons. The Labute approximate surface area is 221 Å². The maximum Gasteiger partial charge on any atom is 0.297 e. The van der Waals surface area contributed by atoms with E-state index in [4.69, 9.17) is 26.5 Å². The van der Waals surface area contributed by atoms with E-state index in [1.165, 1.54) is 23.7 Å². The zero-order valence-corrected chi connectivity index (χ0v) is 21.3. The zero-order chi connectivity index (χ0) is 27.7. The summed E-state index contributed by atoms with van der Waals surface area (Å²) in [4.78, 5) is 59.4. The molecule has 198 valence electrons. The number of aromatic nitrogens is 4. The molecule has 15 nitrogen and oxygen atoms in total. The molecule has 0 saturated heterocycles. The second kappa shape index (κ2) is 13.4. The number of rotatable bonds is 10. The van der Waals surface area contributed by atoms with Crippen LogP contribution in [-0.2, 0) is 11.9 Å². The van der Waals surface area contributed by atoms with E-state index in [-0.39, 0.29) is 47.8 Å². The summed E-state index contributed by atoms with van der Waals surface area (Å²) in [6.45, 7) is -1.25. The number of aliphatic hydroxyl groups excluding tert-OH is 2. The molecular weight excluding hydrogens is 610 g/mol. The van der Waals surface area contributed by atoms with Crippen LogP contribution in [0.1, 0.15) is 42.2 Å². The van der Waals surface area contributed by atoms with Gasteiger partial charge in [-0.05, 0) is 40.8 Å². The first-order valence-corrected chi connectivity index (χ1v) is 11.2. The maximum atomic E-state index is 14.1. The van der Waals surface area contributed by atoms with Crippen LogP contribution in [0.5, 0.6) is 0 Å². The smallest absolute Gasteiger partial charge is 0.297 e. The summed E-state index contributed by atoms with van der Waals surface area (Å²) >= 11 is 1.95. The molecule has 0 spiro atoms. The maximum absolute atomic E-state index is 14.1. The van der Waals surface area contributed by atoms with Crippen molar-refractivity contribution < 1.29 is 38.6 Å². The van der Waals surface area contributed by atoms with Crippen molar-refractivity contribution in [3.63, 3.8) is 0 Å². The quantitative estimate of drug-likeness (QED) is 0.0645. The van der Waals surface area contributed by atoms with E-state index in [9.17, 15) is 23.6 Å². The monoisotopic (exact) mass is 632 g/mol. The van der Waals surface area contributed by atoms with Crippen LogP contribution in [0.25, 0.3) is 0 Å². The molecule has 3 aromatic rings. The van der Waals surface area contributed by atoms with Gasteiger partial charge in [-0.25, -0.2) is 19.8 Å². The molecule has 0 fully saturated rings. The van der Waals surface area contributed by atoms with Gasteiger partial charge in [0.05, 0.1) is 25.1 Å². The van der Waals surface area contributed by atoms with Crippen molar-refractivity contribution in [3.05, 3.63) is 56.8 Å². The van der Waals surface area contributed by atoms with Gasteiger partial charge in [-0.3, -0.25) is 24.0 Å². The number of carbonyl (C=O) groups excluding carboxylic acids is 4. The normalized spacial score (nSPS) is 10.3. The molecule has 9 N–H and O–H groups in total. The second-order valence-electron chi connectivity index (χ2n) is 6.90. The molecule has 0 atom stereocenters. The van der Waals surface area contributed by atoms with E-state index >= 15 is 0 Å². The predicted molar refractivity (Wildman–Crippen MR) is 133 cm³/mol. The van der Waals surface area contributed by atoms with E-state index in [0.29, 0.717) is 3.57 Å². The fourth-order valence-corrected chi connectivity index (χ4v) is 3.07. The van der Waals surface area contributed by atoms with Gasteiger partial charge in [-0.15, -0.1) is 0 Å². The van der Waals surface area contributed by atoms with Gasteiger partial charge in [0, 0.05) is 10.6 Å². The molecule has 3 amide bonds. The summed E-state index contributed by atoms with van der Waals surface area (Å²) in [5, 5.41) is 20.5. The zero-order valence-electron chi connectivity index (χ0n) is 19.1. The molecule has 0 aliphatic heterocycles. The van der Waals surface area contributed by atoms with Crippen LogP contribution in [0.4, 0.5) is 15.9 Å². The summed E-state index contributed by atoms with van der Waals surface area (Å²) in [6.07, 6.45) is 1.16. The largest absolute Gasteiger partial charge is 0.394 e. The number of nitrogens with zero attached hydrogens (tertiary/aromatic N) is 3. The average Bonchev–Trinajstić information content (AvgIpc) is 3.47. The van der Waals surface area contributed by atoms with Crippen molar-refractivity contribution in [2.75, 3.05) is 25.1 Å². The van der Waals surface area contributed by atoms with Crippen molar-refractivity contribution in [1.82, 2.24) is 25.0 Å². The molecule has 1 aromatic carbocycles. The Morgan fingerprint density at radius 2 is 1.92 bits per heavy atom. The molecule has 0 aliphatic carbocycles. The molecule has 0 unspecified atom stereocenters. The van der Waals surface area contributed by atoms with Crippen molar-refractivity contribution in [2.45, 2.75) is 0 Å². The first-order chi connectivity index (χ1) is 17.5. The lowest BCUT2D eigenvalue weighted by Gasteiger charge is -2.11. The van der Waals surface area contributed by atoms with Crippen LogP contribution in [0.2, 0.25) is 0 Å². The number of anilines is 2. The molecule has 17 heteroatoms. The molecular formula is C20H22FIN8O7. The van der Waals surface area contributed by atoms with Crippen LogP contribution >= 0.6 is 22.6 Å². The number of nitrogens with two attached hydrogens (primary N) is 2. The Hall–Kier alpha value is -3.94. The Morgan fingerprint density at radius 3 is 2.43 bits per heavy atom. The van der Waals surface area contributed by atoms with Crippen LogP contribution in [0.15, 0.2) is 24.4 Å². The van der Waals surface area contributed by atoms with Gasteiger partial charge in [0.15, 0.2) is 17.3 Å². The molecule has 2 aromatic heterocycles. The Kier molecular flexibility index (Phi) is 10.6. The Balaban J connectivity index is 0.000000364. The first-order valence-electron chi connectivity index (χ1n) is 10.1. The van der Waals surface area contributed by atoms with Crippen molar-refractivity contribution in [1.29, 1.82) is 0 Å². The van der Waals surface area contributed by atoms with E-state index in [2.05, 4.69) is 25.7 Å². The number of primary amides is 2. The minimum atomic E-state index is -0.806. The van der Waals surface area contributed by atoms with Crippen molar-refractivity contribution in [2.24, 2.45) is 18.5 Å². The number of Topliss-reactive ketones (excluding diaryl/α,β-unsaturated/α-hetero) is 1. The number of H-pyrrole nitrogens is 1. The highest BCUT2D eigenvalue weighted by atomic mass is 127. The van der Waals surface area contributed by atoms with Gasteiger partial charge in [-0.2, -0.15) is 0 Å². The van der Waals surface area contributed by atoms with Crippen LogP contribution < -0.4 is 22.3 Å². The fourth-order valence-electron chi connectivity index (χ4n) is 2.62. The first kappa shape index (κ1) is 29.3. The minimum Gasteiger partial charge on any atom is -0.394 e. The predicted octanol–water partition coefficient (Wildman–Crippen LogP) is -0.656. The number of hydrogen-bond acceptors (Lipinski definition) is 10. The number of imidazole rings is 2. The third-order valence-corrected chi connectivity index (χ3v) is 4.99. The van der Waals surface area contributed by atoms with Gasteiger partial charge >= 0.3 is 0 Å². The summed E-state index contributed by atoms with van der Waals surface area (Å²) in [7, 11) is 1.44. The molecule has 3 rings (SSSR count). The number of hydrogen-bond donors (Lipinski definition) is 7. The number of aliphatic hydroxyl groups is 2. The second-order valence-corrected chi connectivity index (χ2v) is 8.14. The third kappa shape index (κ3) is 7.77. The van der Waals surface area contributed by atoms with Gasteiger partial charge in [0.1, 0.15) is 23.9 Å². The number of hydroxylamine groups is 1. The standard InChI is InChI=1S/C15H16FIN4O5.C5H6N4O2/c1-21-13(11(24)7-23)19-12(15(25)20-26-5-4-22)14(21)18-10-3-2-8(17)6-9(10)16;6-3(10)2-1-8-5(9-2)4(7)11/h2-3,6,18,22-23H,4-5,7H2,1H3,(H,20,25);1H,(H2,6,10)(H2,7,11)(H,8,9). The number of halogens is 2. The molecule has 0 saturated carbocycles. The number of carbonyl (C=O) groups is 4. The molecule has 37 heavy (non-hydrogen) atoms. The highest BCUT2D eigenvalue weighted by molar-refractivity contribution is 14.1. The van der Waals surface area contributed by atoms with Crippen molar-refractivity contribution >= 4 is 57.6 Å². The summed E-state index contributed by atoms with van der Waals surface area (Å²) in [5.74, 6) is -3.70. The number of ketones is 1. The van der Waals surface area contributed by atoms with Crippen molar-refractivity contribution in [3.8, 4) is 0 Å². The molecule has 0 aliphatic rings. The Bertz CT molecular complexity index is 1280. The topological polar surface area (TPSA) is 241 Å². The summed E-state index contributed by atoms with van der Waals surface area (Å²) in [5.41, 5.74) is 11.7. The molecule has 2 heterocycles. The average molecular weight is 632 g/mol. The van der Waals surface area contributed by atoms with Gasteiger partial charge in [0.25, 0.3) is 17.7 Å². The highest BCUT2D eigenvalue weighted by Gasteiger charge is 2.25. The van der Waals surface area contributed by atoms with Gasteiger partial charge in [0.2, 0.25) is 5.78 Å². The van der Waals surface area contributed by atoms with Crippen LogP contribution in [0.3, 0.4) is 0 Å². The van der Waals surface area contributed by atoms with Gasteiger partial charge < -0.3 is 36.5 Å². The summed E-state index contributed by atoms with van der Waals surface area (Å²) < 4.78 is 16.0. The lowest BCUT2D eigenvalue weighted by molar-refractivity contribution is 0.0165. The SMILES string of the molecule is Cn1c(C(=O)CO)nc(C(=O)NOCCO)c1Nc1ccc(I)cc1F.NC(=O)c1cnc(C(N)=O)[nH]1. The lowest BCUT2D eigenvalue weighted by atomic mass is 10.3. The Morgan fingerprint density at radius 1 is 1.22 bits per heavy atom. The summed E-state index contributed by atoms with van der Waals surface area (Å²) in [6, 6.07) is 4.43. The van der Waals surface area contributed by atoms with Crippen LogP contribution in [0, 0.1) is 9.39 Å². The van der Waals surface area contributed by atoms with Crippen LogP contribution in [-0.4, -0.2) is 73.1 Å². The van der Waals surface area contributed by atoms with E-state index < -0.39 is 35.9 Å². The highest BCUT2D eigenvalue weighted by Crippen LogP contribution is 2.25. The fraction of sp³-hybridized carbons (Fsp3) is 0.200. The van der Waals surface area contributed by atoms with E-state index in [1.807, 2.05) is 22.6 Å². The van der Waals surface area contributed by atoms with Gasteiger partial charge in [-0.1, -0.05) is 0 Å². The number of aromatic amines is 1. The number of benzene rings is 1.